The van der Waals surface area contributed by atoms with Crippen LogP contribution >= 0.6 is 0 Å². The average Bonchev–Trinajstić information content (AvgIpc) is 3.34. The Morgan fingerprint density at radius 3 is 2.41 bits per heavy atom. The Labute approximate surface area is 192 Å². The molecule has 2 heterocycles. The quantitative estimate of drug-likeness (QED) is 0.609. The summed E-state index contributed by atoms with van der Waals surface area (Å²) in [6.45, 7) is 3.23. The minimum Gasteiger partial charge on any atom is -0.377 e. The highest BCUT2D eigenvalue weighted by Crippen LogP contribution is 2.29. The van der Waals surface area contributed by atoms with Gasteiger partial charge in [0.2, 0.25) is 5.82 Å². The molecule has 2 amide bonds. The van der Waals surface area contributed by atoms with Crippen LogP contribution in [-0.2, 0) is 10.9 Å². The van der Waals surface area contributed by atoms with E-state index in [0.717, 1.165) is 5.56 Å². The number of alkyl halides is 3. The fourth-order valence-electron chi connectivity index (χ4n) is 3.49. The highest BCUT2D eigenvalue weighted by Gasteiger charge is 2.38. The molecule has 3 aromatic rings. The first kappa shape index (κ1) is 23.4. The van der Waals surface area contributed by atoms with Crippen molar-refractivity contribution in [1.82, 2.24) is 20.4 Å². The summed E-state index contributed by atoms with van der Waals surface area (Å²) in [5.41, 5.74) is 2.17. The number of hydrogen-bond acceptors (Lipinski definition) is 6. The topological polar surface area (TPSA) is 97.6 Å². The molecule has 1 aromatic heterocycles. The molecule has 0 saturated carbocycles. The first-order valence-electron chi connectivity index (χ1n) is 10.5. The molecule has 1 unspecified atom stereocenters. The van der Waals surface area contributed by atoms with E-state index in [4.69, 9.17) is 4.74 Å². The van der Waals surface area contributed by atoms with Crippen LogP contribution in [0.15, 0.2) is 53.1 Å². The van der Waals surface area contributed by atoms with Crippen molar-refractivity contribution in [2.24, 2.45) is 0 Å². The van der Waals surface area contributed by atoms with Crippen LogP contribution in [0.2, 0.25) is 0 Å². The Hall–Kier alpha value is -3.73. The summed E-state index contributed by atoms with van der Waals surface area (Å²) < 4.78 is 47.6. The molecule has 0 aliphatic carbocycles. The number of carbonyl (C=O) groups excluding carboxylic acids is 2. The standard InChI is InChI=1S/C23H21F3N4O4/c1-14-2-4-17(5-3-14)21(32)30-10-11-33-13-18(30)12-27-20(31)16-8-6-15(7-9-16)19-28-22(34-29-19)23(24,25)26/h2-9,18H,10-13H2,1H3,(H,27,31). The van der Waals surface area contributed by atoms with Crippen molar-refractivity contribution in [1.29, 1.82) is 0 Å². The van der Waals surface area contributed by atoms with E-state index in [1.165, 1.54) is 24.3 Å². The average molecular weight is 474 g/mol. The van der Waals surface area contributed by atoms with Crippen LogP contribution in [0.25, 0.3) is 11.4 Å². The lowest BCUT2D eigenvalue weighted by Gasteiger charge is -2.35. The smallest absolute Gasteiger partial charge is 0.377 e. The summed E-state index contributed by atoms with van der Waals surface area (Å²) in [5, 5.41) is 6.11. The van der Waals surface area contributed by atoms with Crippen molar-refractivity contribution in [2.45, 2.75) is 19.1 Å². The van der Waals surface area contributed by atoms with Crippen molar-refractivity contribution in [3.05, 3.63) is 71.1 Å². The van der Waals surface area contributed by atoms with Gasteiger partial charge in [0, 0.05) is 29.8 Å². The molecule has 1 saturated heterocycles. The summed E-state index contributed by atoms with van der Waals surface area (Å²) >= 11 is 0. The van der Waals surface area contributed by atoms with Gasteiger partial charge in [-0.1, -0.05) is 35.0 Å². The predicted molar refractivity (Wildman–Crippen MR) is 114 cm³/mol. The fourth-order valence-corrected chi connectivity index (χ4v) is 3.49. The number of nitrogens with zero attached hydrogens (tertiary/aromatic N) is 3. The molecule has 178 valence electrons. The number of carbonyl (C=O) groups is 2. The summed E-state index contributed by atoms with van der Waals surface area (Å²) in [6.07, 6.45) is -4.73. The number of hydrogen-bond donors (Lipinski definition) is 1. The van der Waals surface area contributed by atoms with E-state index in [1.807, 2.05) is 19.1 Å². The van der Waals surface area contributed by atoms with Crippen LogP contribution in [-0.4, -0.2) is 59.2 Å². The fraction of sp³-hybridized carbons (Fsp3) is 0.304. The Morgan fingerprint density at radius 2 is 1.76 bits per heavy atom. The SMILES string of the molecule is Cc1ccc(C(=O)N2CCOCC2CNC(=O)c2ccc(-c3noc(C(F)(F)F)n3)cc2)cc1. The zero-order valence-electron chi connectivity index (χ0n) is 18.1. The van der Waals surface area contributed by atoms with Gasteiger partial charge >= 0.3 is 12.1 Å². The van der Waals surface area contributed by atoms with Crippen LogP contribution in [0.5, 0.6) is 0 Å². The summed E-state index contributed by atoms with van der Waals surface area (Å²) in [4.78, 5) is 30.6. The molecule has 0 radical (unpaired) electrons. The zero-order chi connectivity index (χ0) is 24.3. The lowest BCUT2D eigenvalue weighted by Crippen LogP contribution is -2.53. The third-order valence-corrected chi connectivity index (χ3v) is 5.36. The monoisotopic (exact) mass is 474 g/mol. The molecule has 1 aliphatic heterocycles. The molecule has 4 rings (SSSR count). The van der Waals surface area contributed by atoms with Crippen molar-refractivity contribution < 1.29 is 32.0 Å². The van der Waals surface area contributed by atoms with Gasteiger partial charge in [0.25, 0.3) is 11.8 Å². The number of rotatable bonds is 5. The summed E-state index contributed by atoms with van der Waals surface area (Å²) in [7, 11) is 0. The minimum absolute atomic E-state index is 0.134. The number of amides is 2. The molecule has 0 spiro atoms. The number of nitrogens with one attached hydrogen (secondary N) is 1. The number of ether oxygens (including phenoxy) is 1. The number of halogens is 3. The minimum atomic E-state index is -4.73. The van der Waals surface area contributed by atoms with Crippen molar-refractivity contribution in [3.63, 3.8) is 0 Å². The summed E-state index contributed by atoms with van der Waals surface area (Å²) in [5.74, 6) is -2.21. The number of morpholine rings is 1. The van der Waals surface area contributed by atoms with Crippen LogP contribution in [0.1, 0.15) is 32.2 Å². The van der Waals surface area contributed by atoms with Gasteiger partial charge in [0.1, 0.15) is 0 Å². The molecule has 11 heteroatoms. The maximum absolute atomic E-state index is 12.9. The van der Waals surface area contributed by atoms with Gasteiger partial charge in [-0.2, -0.15) is 18.2 Å². The lowest BCUT2D eigenvalue weighted by molar-refractivity contribution is -0.159. The van der Waals surface area contributed by atoms with E-state index in [9.17, 15) is 22.8 Å². The highest BCUT2D eigenvalue weighted by atomic mass is 19.4. The van der Waals surface area contributed by atoms with Gasteiger partial charge in [-0.15, -0.1) is 0 Å². The molecule has 1 atom stereocenters. The zero-order valence-corrected chi connectivity index (χ0v) is 18.1. The maximum Gasteiger partial charge on any atom is 0.471 e. The number of benzene rings is 2. The Kier molecular flexibility index (Phi) is 6.64. The van der Waals surface area contributed by atoms with Crippen LogP contribution in [0.3, 0.4) is 0 Å². The second-order valence-corrected chi connectivity index (χ2v) is 7.80. The van der Waals surface area contributed by atoms with Crippen molar-refractivity contribution >= 4 is 11.8 Å². The maximum atomic E-state index is 12.9. The molecule has 1 fully saturated rings. The van der Waals surface area contributed by atoms with E-state index >= 15 is 0 Å². The molecule has 1 N–H and O–H groups in total. The van der Waals surface area contributed by atoms with E-state index < -0.39 is 18.0 Å². The second-order valence-electron chi connectivity index (χ2n) is 7.80. The molecular formula is C23H21F3N4O4. The third kappa shape index (κ3) is 5.25. The molecule has 1 aliphatic rings. The predicted octanol–water partition coefficient (Wildman–Crippen LogP) is 3.33. The summed E-state index contributed by atoms with van der Waals surface area (Å²) in [6, 6.07) is 12.7. The Balaban J connectivity index is 1.38. The Bertz CT molecular complexity index is 1160. The molecule has 0 bridgehead atoms. The molecule has 34 heavy (non-hydrogen) atoms. The highest BCUT2D eigenvalue weighted by molar-refractivity contribution is 5.95. The van der Waals surface area contributed by atoms with Crippen molar-refractivity contribution in [3.8, 4) is 11.4 Å². The van der Waals surface area contributed by atoms with Crippen LogP contribution in [0.4, 0.5) is 13.2 Å². The molecular weight excluding hydrogens is 453 g/mol. The lowest BCUT2D eigenvalue weighted by atomic mass is 10.1. The largest absolute Gasteiger partial charge is 0.471 e. The van der Waals surface area contributed by atoms with Gasteiger partial charge < -0.3 is 19.5 Å². The Morgan fingerprint density at radius 1 is 1.09 bits per heavy atom. The molecule has 2 aromatic carbocycles. The van der Waals surface area contributed by atoms with Crippen molar-refractivity contribution in [2.75, 3.05) is 26.3 Å². The van der Waals surface area contributed by atoms with E-state index in [0.29, 0.717) is 18.7 Å². The van der Waals surface area contributed by atoms with Crippen LogP contribution in [0, 0.1) is 6.92 Å². The van der Waals surface area contributed by atoms with Gasteiger partial charge in [-0.25, -0.2) is 0 Å². The number of aryl methyl sites for hydroxylation is 1. The first-order chi connectivity index (χ1) is 16.2. The van der Waals surface area contributed by atoms with E-state index in [2.05, 4.69) is 20.0 Å². The van der Waals surface area contributed by atoms with E-state index in [-0.39, 0.29) is 42.1 Å². The second kappa shape index (κ2) is 9.64. The first-order valence-corrected chi connectivity index (χ1v) is 10.5. The van der Waals surface area contributed by atoms with Gasteiger partial charge in [-0.05, 0) is 31.2 Å². The van der Waals surface area contributed by atoms with E-state index in [1.54, 1.807) is 17.0 Å². The normalized spacial score (nSPS) is 16.4. The number of aromatic nitrogens is 2. The van der Waals surface area contributed by atoms with Gasteiger partial charge in [0.05, 0.1) is 19.3 Å². The third-order valence-electron chi connectivity index (χ3n) is 5.36. The van der Waals surface area contributed by atoms with Gasteiger partial charge in [0.15, 0.2) is 0 Å². The van der Waals surface area contributed by atoms with Crippen LogP contribution < -0.4 is 5.32 Å². The molecule has 8 nitrogen and oxygen atoms in total. The van der Waals surface area contributed by atoms with Gasteiger partial charge in [-0.3, -0.25) is 9.59 Å².